The van der Waals surface area contributed by atoms with Crippen LogP contribution in [0.15, 0.2) is 16.6 Å². The van der Waals surface area contributed by atoms with E-state index in [0.717, 1.165) is 42.2 Å². The number of nitrogens with zero attached hydrogens (tertiary/aromatic N) is 2. The first-order valence-corrected chi connectivity index (χ1v) is 8.20. The average Bonchev–Trinajstić information content (AvgIpc) is 2.84. The van der Waals surface area contributed by atoms with Gasteiger partial charge in [0.05, 0.1) is 4.47 Å². The van der Waals surface area contributed by atoms with Gasteiger partial charge in [-0.3, -0.25) is 4.90 Å². The third-order valence-corrected chi connectivity index (χ3v) is 4.84. The molecule has 1 aromatic carbocycles. The second kappa shape index (κ2) is 6.52. The number of likely N-dealkylation sites (N-methyl/N-ethyl adjacent to an activating group) is 1. The summed E-state index contributed by atoms with van der Waals surface area (Å²) in [6.07, 6.45) is 1.18. The molecule has 21 heavy (non-hydrogen) atoms. The Morgan fingerprint density at radius 3 is 2.90 bits per heavy atom. The Morgan fingerprint density at radius 2 is 2.10 bits per heavy atom. The van der Waals surface area contributed by atoms with E-state index in [-0.39, 0.29) is 6.04 Å². The molecular formula is C15H22BrN3O2. The monoisotopic (exact) mass is 355 g/mol. The van der Waals surface area contributed by atoms with E-state index in [2.05, 4.69) is 44.9 Å². The molecule has 0 aromatic heterocycles. The fourth-order valence-electron chi connectivity index (χ4n) is 3.05. The third-order valence-electron chi connectivity index (χ3n) is 4.25. The van der Waals surface area contributed by atoms with Crippen molar-refractivity contribution in [2.45, 2.75) is 12.5 Å². The van der Waals surface area contributed by atoms with Crippen molar-refractivity contribution in [2.75, 3.05) is 46.6 Å². The number of fused-ring (bicyclic) bond motifs is 1. The molecule has 116 valence electrons. The lowest BCUT2D eigenvalue weighted by Gasteiger charge is -2.30. The third kappa shape index (κ3) is 3.18. The van der Waals surface area contributed by atoms with Crippen molar-refractivity contribution in [3.8, 4) is 11.5 Å². The van der Waals surface area contributed by atoms with Crippen LogP contribution in [-0.4, -0.2) is 56.4 Å². The van der Waals surface area contributed by atoms with Crippen molar-refractivity contribution in [1.29, 1.82) is 0 Å². The second-order valence-corrected chi connectivity index (χ2v) is 6.54. The molecule has 0 saturated carbocycles. The van der Waals surface area contributed by atoms with E-state index in [9.17, 15) is 0 Å². The Balaban J connectivity index is 1.84. The molecule has 2 aliphatic heterocycles. The van der Waals surface area contributed by atoms with E-state index in [4.69, 9.17) is 15.2 Å². The van der Waals surface area contributed by atoms with E-state index in [0.29, 0.717) is 13.3 Å². The summed E-state index contributed by atoms with van der Waals surface area (Å²) in [7, 11) is 2.18. The molecule has 6 heteroatoms. The zero-order chi connectivity index (χ0) is 14.8. The van der Waals surface area contributed by atoms with Crippen molar-refractivity contribution < 1.29 is 9.47 Å². The summed E-state index contributed by atoms with van der Waals surface area (Å²) in [6.45, 7) is 5.26. The van der Waals surface area contributed by atoms with Gasteiger partial charge in [-0.15, -0.1) is 0 Å². The van der Waals surface area contributed by atoms with E-state index in [1.165, 1.54) is 12.0 Å². The molecule has 0 amide bonds. The molecule has 3 rings (SSSR count). The number of nitrogens with two attached hydrogens (primary N) is 1. The van der Waals surface area contributed by atoms with Crippen molar-refractivity contribution in [2.24, 2.45) is 5.73 Å². The van der Waals surface area contributed by atoms with Crippen LogP contribution >= 0.6 is 15.9 Å². The average molecular weight is 356 g/mol. The SMILES string of the molecule is CN1CCCN(C(CN)c2cc(Br)c3c(c2)OCO3)CC1. The fraction of sp³-hybridized carbons (Fsp3) is 0.600. The van der Waals surface area contributed by atoms with Gasteiger partial charge in [0, 0.05) is 32.2 Å². The lowest BCUT2D eigenvalue weighted by molar-refractivity contribution is 0.173. The molecule has 1 unspecified atom stereocenters. The van der Waals surface area contributed by atoms with Crippen LogP contribution < -0.4 is 15.2 Å². The summed E-state index contributed by atoms with van der Waals surface area (Å²) in [6, 6.07) is 4.40. The topological polar surface area (TPSA) is 51.0 Å². The number of benzene rings is 1. The predicted molar refractivity (Wildman–Crippen MR) is 85.7 cm³/mol. The summed E-state index contributed by atoms with van der Waals surface area (Å²) < 4.78 is 11.9. The molecule has 0 bridgehead atoms. The highest BCUT2D eigenvalue weighted by Gasteiger charge is 2.25. The quantitative estimate of drug-likeness (QED) is 0.895. The van der Waals surface area contributed by atoms with Gasteiger partial charge in [-0.25, -0.2) is 0 Å². The molecule has 0 radical (unpaired) electrons. The van der Waals surface area contributed by atoms with Crippen LogP contribution in [0.25, 0.3) is 0 Å². The highest BCUT2D eigenvalue weighted by Crippen LogP contribution is 2.41. The van der Waals surface area contributed by atoms with Crippen LogP contribution in [0, 0.1) is 0 Å². The van der Waals surface area contributed by atoms with Gasteiger partial charge in [0.2, 0.25) is 6.79 Å². The molecule has 0 spiro atoms. The van der Waals surface area contributed by atoms with Gasteiger partial charge in [0.25, 0.3) is 0 Å². The van der Waals surface area contributed by atoms with Gasteiger partial charge in [-0.2, -0.15) is 0 Å². The van der Waals surface area contributed by atoms with Crippen LogP contribution in [0.2, 0.25) is 0 Å². The maximum absolute atomic E-state index is 6.07. The largest absolute Gasteiger partial charge is 0.454 e. The van der Waals surface area contributed by atoms with Gasteiger partial charge < -0.3 is 20.1 Å². The summed E-state index contributed by atoms with van der Waals surface area (Å²) in [4.78, 5) is 4.86. The minimum absolute atomic E-state index is 0.224. The van der Waals surface area contributed by atoms with Crippen molar-refractivity contribution in [1.82, 2.24) is 9.80 Å². The Kier molecular flexibility index (Phi) is 4.69. The maximum atomic E-state index is 6.07. The van der Waals surface area contributed by atoms with Crippen LogP contribution in [0.4, 0.5) is 0 Å². The van der Waals surface area contributed by atoms with Crippen molar-refractivity contribution >= 4 is 15.9 Å². The van der Waals surface area contributed by atoms with Crippen LogP contribution in [0.3, 0.4) is 0 Å². The molecule has 2 N–H and O–H groups in total. The maximum Gasteiger partial charge on any atom is 0.231 e. The molecule has 1 saturated heterocycles. The van der Waals surface area contributed by atoms with E-state index < -0.39 is 0 Å². The van der Waals surface area contributed by atoms with Crippen LogP contribution in [0.1, 0.15) is 18.0 Å². The normalized spacial score (nSPS) is 21.3. The first-order chi connectivity index (χ1) is 10.2. The van der Waals surface area contributed by atoms with Gasteiger partial charge in [-0.05, 0) is 53.6 Å². The Bertz CT molecular complexity index is 512. The first-order valence-electron chi connectivity index (χ1n) is 7.40. The standard InChI is InChI=1S/C15H22BrN3O2/c1-18-3-2-4-19(6-5-18)13(9-17)11-7-12(16)15-14(8-11)20-10-21-15/h7-8,13H,2-6,9-10,17H2,1H3. The smallest absolute Gasteiger partial charge is 0.231 e. The fourth-order valence-corrected chi connectivity index (χ4v) is 3.63. The zero-order valence-electron chi connectivity index (χ0n) is 12.3. The highest BCUT2D eigenvalue weighted by atomic mass is 79.9. The number of ether oxygens (including phenoxy) is 2. The van der Waals surface area contributed by atoms with Gasteiger partial charge in [-0.1, -0.05) is 0 Å². The number of hydrogen-bond acceptors (Lipinski definition) is 5. The number of rotatable bonds is 3. The predicted octanol–water partition coefficient (Wildman–Crippen LogP) is 1.82. The molecular weight excluding hydrogens is 334 g/mol. The molecule has 1 aromatic rings. The molecule has 1 atom stereocenters. The van der Waals surface area contributed by atoms with E-state index in [1.807, 2.05) is 0 Å². The molecule has 0 aliphatic carbocycles. The van der Waals surface area contributed by atoms with E-state index >= 15 is 0 Å². The number of hydrogen-bond donors (Lipinski definition) is 1. The Hall–Kier alpha value is -0.820. The van der Waals surface area contributed by atoms with E-state index in [1.54, 1.807) is 0 Å². The van der Waals surface area contributed by atoms with Gasteiger partial charge in [0.1, 0.15) is 0 Å². The Labute approximate surface area is 134 Å². The van der Waals surface area contributed by atoms with Crippen molar-refractivity contribution in [3.05, 3.63) is 22.2 Å². The first kappa shape index (κ1) is 15.1. The lowest BCUT2D eigenvalue weighted by Crippen LogP contribution is -2.36. The molecule has 1 fully saturated rings. The highest BCUT2D eigenvalue weighted by molar-refractivity contribution is 9.10. The van der Waals surface area contributed by atoms with Crippen molar-refractivity contribution in [3.63, 3.8) is 0 Å². The molecule has 2 aliphatic rings. The summed E-state index contributed by atoms with van der Waals surface area (Å²) in [5.41, 5.74) is 7.27. The van der Waals surface area contributed by atoms with Crippen LogP contribution in [-0.2, 0) is 0 Å². The Morgan fingerprint density at radius 1 is 1.24 bits per heavy atom. The summed E-state index contributed by atoms with van der Waals surface area (Å²) in [5.74, 6) is 1.61. The minimum atomic E-state index is 0.224. The minimum Gasteiger partial charge on any atom is -0.454 e. The van der Waals surface area contributed by atoms with Crippen LogP contribution in [0.5, 0.6) is 11.5 Å². The van der Waals surface area contributed by atoms with Gasteiger partial charge >= 0.3 is 0 Å². The molecule has 2 heterocycles. The lowest BCUT2D eigenvalue weighted by atomic mass is 10.0. The van der Waals surface area contributed by atoms with Gasteiger partial charge in [0.15, 0.2) is 11.5 Å². The number of halogens is 1. The summed E-state index contributed by atoms with van der Waals surface area (Å²) in [5, 5.41) is 0. The summed E-state index contributed by atoms with van der Waals surface area (Å²) >= 11 is 3.57. The second-order valence-electron chi connectivity index (χ2n) is 5.68. The molecule has 5 nitrogen and oxygen atoms in total. The zero-order valence-corrected chi connectivity index (χ0v) is 13.9.